The van der Waals surface area contributed by atoms with Crippen LogP contribution in [0.1, 0.15) is 11.1 Å². The molecule has 0 amide bonds. The minimum Gasteiger partial charge on any atom is -0.493 e. The van der Waals surface area contributed by atoms with Gasteiger partial charge in [0.2, 0.25) is 0 Å². The summed E-state index contributed by atoms with van der Waals surface area (Å²) in [6, 6.07) is 19.1. The molecule has 4 aromatic rings. The lowest BCUT2D eigenvalue weighted by Crippen LogP contribution is -2.05. The highest BCUT2D eigenvalue weighted by Crippen LogP contribution is 2.36. The molecule has 0 fully saturated rings. The second kappa shape index (κ2) is 8.97. The van der Waals surface area contributed by atoms with E-state index in [4.69, 9.17) is 30.3 Å². The molecule has 1 heterocycles. The number of nitrogens with one attached hydrogen (secondary N) is 1. The second-order valence-corrected chi connectivity index (χ2v) is 7.05. The first-order valence-corrected chi connectivity index (χ1v) is 9.76. The summed E-state index contributed by atoms with van der Waals surface area (Å²) in [5.41, 5.74) is 2.59. The Balaban J connectivity index is 1.59. The Kier molecular flexibility index (Phi) is 5.95. The van der Waals surface area contributed by atoms with Crippen LogP contribution in [0.25, 0.3) is 11.0 Å². The van der Waals surface area contributed by atoms with Gasteiger partial charge in [0.25, 0.3) is 0 Å². The maximum absolute atomic E-state index is 6.10. The standard InChI is InChI=1S/C23H21ClN2O4/c1-27-21-10-16(13-25-23-18-9-8-17(24)11-20(18)30-26-23)19(12-22(21)28-2)29-14-15-6-4-3-5-7-15/h3-12H,13-14H2,1-2H3,(H,25,26). The zero-order chi connectivity index (χ0) is 20.9. The van der Waals surface area contributed by atoms with E-state index in [2.05, 4.69) is 10.5 Å². The van der Waals surface area contributed by atoms with Crippen molar-refractivity contribution < 1.29 is 18.7 Å². The van der Waals surface area contributed by atoms with Gasteiger partial charge in [-0.15, -0.1) is 0 Å². The van der Waals surface area contributed by atoms with Crippen LogP contribution in [0.2, 0.25) is 5.02 Å². The quantitative estimate of drug-likeness (QED) is 0.392. The molecule has 1 aromatic heterocycles. The largest absolute Gasteiger partial charge is 0.493 e. The van der Waals surface area contributed by atoms with Crippen LogP contribution >= 0.6 is 11.6 Å². The summed E-state index contributed by atoms with van der Waals surface area (Å²) in [6.07, 6.45) is 0. The molecule has 0 aliphatic rings. The first-order chi connectivity index (χ1) is 14.7. The van der Waals surface area contributed by atoms with Crippen LogP contribution in [0.3, 0.4) is 0 Å². The van der Waals surface area contributed by atoms with Crippen molar-refractivity contribution in [3.63, 3.8) is 0 Å². The monoisotopic (exact) mass is 424 g/mol. The van der Waals surface area contributed by atoms with Crippen LogP contribution in [0.4, 0.5) is 5.82 Å². The first kappa shape index (κ1) is 19.9. The molecule has 0 saturated heterocycles. The Hall–Kier alpha value is -3.38. The normalized spacial score (nSPS) is 10.8. The number of rotatable bonds is 8. The van der Waals surface area contributed by atoms with Gasteiger partial charge >= 0.3 is 0 Å². The van der Waals surface area contributed by atoms with Gasteiger partial charge in [-0.05, 0) is 23.8 Å². The number of halogens is 1. The summed E-state index contributed by atoms with van der Waals surface area (Å²) in [7, 11) is 3.21. The van der Waals surface area contributed by atoms with Crippen LogP contribution in [-0.2, 0) is 13.2 Å². The molecule has 0 aliphatic carbocycles. The first-order valence-electron chi connectivity index (χ1n) is 9.38. The number of anilines is 1. The van der Waals surface area contributed by atoms with E-state index in [-0.39, 0.29) is 0 Å². The zero-order valence-electron chi connectivity index (χ0n) is 16.6. The van der Waals surface area contributed by atoms with Crippen LogP contribution < -0.4 is 19.5 Å². The number of hydrogen-bond donors (Lipinski definition) is 1. The molecule has 3 aromatic carbocycles. The van der Waals surface area contributed by atoms with Crippen molar-refractivity contribution in [2.75, 3.05) is 19.5 Å². The molecule has 30 heavy (non-hydrogen) atoms. The third kappa shape index (κ3) is 4.28. The van der Waals surface area contributed by atoms with Crippen molar-refractivity contribution >= 4 is 28.4 Å². The summed E-state index contributed by atoms with van der Waals surface area (Å²) in [4.78, 5) is 0. The van der Waals surface area contributed by atoms with Gasteiger partial charge in [-0.3, -0.25) is 0 Å². The molecule has 0 bridgehead atoms. The molecule has 0 saturated carbocycles. The molecule has 0 atom stereocenters. The molecule has 1 N–H and O–H groups in total. The van der Waals surface area contributed by atoms with E-state index in [1.54, 1.807) is 26.4 Å². The Morgan fingerprint density at radius 3 is 2.47 bits per heavy atom. The highest BCUT2D eigenvalue weighted by molar-refractivity contribution is 6.31. The van der Waals surface area contributed by atoms with Crippen LogP contribution in [0, 0.1) is 0 Å². The van der Waals surface area contributed by atoms with E-state index in [1.807, 2.05) is 48.5 Å². The molecule has 0 aliphatic heterocycles. The molecule has 0 spiro atoms. The van der Waals surface area contributed by atoms with E-state index in [0.29, 0.717) is 46.8 Å². The van der Waals surface area contributed by atoms with E-state index < -0.39 is 0 Å². The summed E-state index contributed by atoms with van der Waals surface area (Å²) < 4.78 is 22.4. The maximum Gasteiger partial charge on any atom is 0.177 e. The van der Waals surface area contributed by atoms with Gasteiger partial charge in [0.05, 0.1) is 19.6 Å². The SMILES string of the molecule is COc1cc(CNc2noc3cc(Cl)ccc23)c(OCc2ccccc2)cc1OC. The fraction of sp³-hybridized carbons (Fsp3) is 0.174. The third-order valence-electron chi connectivity index (χ3n) is 4.68. The van der Waals surface area contributed by atoms with Crippen molar-refractivity contribution in [1.82, 2.24) is 5.16 Å². The number of aromatic nitrogens is 1. The van der Waals surface area contributed by atoms with Gasteiger partial charge < -0.3 is 24.1 Å². The van der Waals surface area contributed by atoms with Crippen molar-refractivity contribution in [3.8, 4) is 17.2 Å². The van der Waals surface area contributed by atoms with Gasteiger partial charge in [-0.1, -0.05) is 47.1 Å². The number of fused-ring (bicyclic) bond motifs is 1. The summed E-state index contributed by atoms with van der Waals surface area (Å²) in [5, 5.41) is 8.87. The predicted molar refractivity (Wildman–Crippen MR) is 117 cm³/mol. The molecule has 154 valence electrons. The molecule has 7 heteroatoms. The molecule has 6 nitrogen and oxygen atoms in total. The van der Waals surface area contributed by atoms with Crippen LogP contribution in [-0.4, -0.2) is 19.4 Å². The predicted octanol–water partition coefficient (Wildman–Crippen LogP) is 5.69. The van der Waals surface area contributed by atoms with Crippen molar-refractivity contribution in [2.24, 2.45) is 0 Å². The van der Waals surface area contributed by atoms with Crippen LogP contribution in [0.15, 0.2) is 65.2 Å². The number of methoxy groups -OCH3 is 2. The lowest BCUT2D eigenvalue weighted by molar-refractivity contribution is 0.297. The van der Waals surface area contributed by atoms with E-state index in [9.17, 15) is 0 Å². The smallest absolute Gasteiger partial charge is 0.177 e. The fourth-order valence-corrected chi connectivity index (χ4v) is 3.29. The number of hydrogen-bond acceptors (Lipinski definition) is 6. The average Bonchev–Trinajstić information content (AvgIpc) is 3.18. The second-order valence-electron chi connectivity index (χ2n) is 6.61. The molecule has 4 rings (SSSR count). The van der Waals surface area contributed by atoms with Gasteiger partial charge in [0, 0.05) is 29.3 Å². The van der Waals surface area contributed by atoms with Crippen molar-refractivity contribution in [2.45, 2.75) is 13.2 Å². The van der Waals surface area contributed by atoms with Crippen LogP contribution in [0.5, 0.6) is 17.2 Å². The Labute approximate surface area is 179 Å². The van der Waals surface area contributed by atoms with Crippen molar-refractivity contribution in [3.05, 3.63) is 76.8 Å². The molecule has 0 radical (unpaired) electrons. The lowest BCUT2D eigenvalue weighted by atomic mass is 10.1. The minimum atomic E-state index is 0.439. The van der Waals surface area contributed by atoms with E-state index in [1.165, 1.54) is 0 Å². The Bertz CT molecular complexity index is 1140. The number of nitrogens with zero attached hydrogens (tertiary/aromatic N) is 1. The molecular formula is C23H21ClN2O4. The highest BCUT2D eigenvalue weighted by Gasteiger charge is 2.15. The van der Waals surface area contributed by atoms with Gasteiger partial charge in [-0.2, -0.15) is 0 Å². The zero-order valence-corrected chi connectivity index (χ0v) is 17.4. The number of benzene rings is 3. The number of ether oxygens (including phenoxy) is 3. The molecular weight excluding hydrogens is 404 g/mol. The highest BCUT2D eigenvalue weighted by atomic mass is 35.5. The summed E-state index contributed by atoms with van der Waals surface area (Å²) in [6.45, 7) is 0.892. The third-order valence-corrected chi connectivity index (χ3v) is 4.92. The van der Waals surface area contributed by atoms with E-state index >= 15 is 0 Å². The van der Waals surface area contributed by atoms with E-state index in [0.717, 1.165) is 16.5 Å². The Morgan fingerprint density at radius 1 is 0.933 bits per heavy atom. The topological polar surface area (TPSA) is 65.8 Å². The fourth-order valence-electron chi connectivity index (χ4n) is 3.13. The lowest BCUT2D eigenvalue weighted by Gasteiger charge is -2.16. The van der Waals surface area contributed by atoms with Gasteiger partial charge in [0.1, 0.15) is 12.4 Å². The Morgan fingerprint density at radius 2 is 1.70 bits per heavy atom. The summed E-state index contributed by atoms with van der Waals surface area (Å²) in [5.74, 6) is 2.55. The van der Waals surface area contributed by atoms with Crippen molar-refractivity contribution in [1.29, 1.82) is 0 Å². The summed E-state index contributed by atoms with van der Waals surface area (Å²) >= 11 is 6.02. The minimum absolute atomic E-state index is 0.439. The maximum atomic E-state index is 6.10. The van der Waals surface area contributed by atoms with Gasteiger partial charge in [-0.25, -0.2) is 0 Å². The molecule has 0 unspecified atom stereocenters. The van der Waals surface area contributed by atoms with Gasteiger partial charge in [0.15, 0.2) is 22.9 Å². The average molecular weight is 425 g/mol.